The van der Waals surface area contributed by atoms with Crippen LogP contribution in [0.3, 0.4) is 0 Å². The number of carbonyl (C=O) groups excluding carboxylic acids is 1. The molecule has 1 saturated carbocycles. The van der Waals surface area contributed by atoms with Gasteiger partial charge in [0.2, 0.25) is 0 Å². The highest BCUT2D eigenvalue weighted by Crippen LogP contribution is 2.32. The number of amides is 1. The zero-order valence-corrected chi connectivity index (χ0v) is 14.5. The predicted molar refractivity (Wildman–Crippen MR) is 95.2 cm³/mol. The number of hydrogen-bond donors (Lipinski definition) is 2. The molecule has 1 aliphatic heterocycles. The van der Waals surface area contributed by atoms with Gasteiger partial charge in [0.15, 0.2) is 0 Å². The van der Waals surface area contributed by atoms with E-state index in [0.717, 1.165) is 37.9 Å². The Balaban J connectivity index is 1.70. The van der Waals surface area contributed by atoms with Gasteiger partial charge in [-0.25, -0.2) is 9.78 Å². The Labute approximate surface area is 150 Å². The van der Waals surface area contributed by atoms with Crippen LogP contribution in [0.5, 0.6) is 0 Å². The summed E-state index contributed by atoms with van der Waals surface area (Å²) in [4.78, 5) is 41.3. The summed E-state index contributed by atoms with van der Waals surface area (Å²) in [6.07, 6.45) is 5.46. The SMILES string of the molecule is O=C(NC1(C(=O)O)CCC1)c1ccc2c(=O)n3c(nc2c1)CCCCC3. The number of aliphatic carboxylic acids is 1. The fourth-order valence-electron chi connectivity index (χ4n) is 3.77. The van der Waals surface area contributed by atoms with E-state index in [0.29, 0.717) is 35.9 Å². The van der Waals surface area contributed by atoms with E-state index in [-0.39, 0.29) is 5.56 Å². The normalized spacial score (nSPS) is 18.5. The molecule has 0 unspecified atom stereocenters. The Morgan fingerprint density at radius 3 is 2.65 bits per heavy atom. The summed E-state index contributed by atoms with van der Waals surface area (Å²) >= 11 is 0. The Morgan fingerprint density at radius 1 is 1.15 bits per heavy atom. The van der Waals surface area contributed by atoms with Crippen molar-refractivity contribution >= 4 is 22.8 Å². The van der Waals surface area contributed by atoms with Gasteiger partial charge in [-0.2, -0.15) is 0 Å². The molecule has 0 spiro atoms. The van der Waals surface area contributed by atoms with Crippen LogP contribution < -0.4 is 10.9 Å². The smallest absolute Gasteiger partial charge is 0.329 e. The van der Waals surface area contributed by atoms with Crippen molar-refractivity contribution in [2.24, 2.45) is 0 Å². The number of aryl methyl sites for hydroxylation is 1. The standard InChI is InChI=1S/C19H21N3O4/c23-16(21-19(18(25)26)8-4-9-19)12-6-7-13-14(11-12)20-15-5-2-1-3-10-22(15)17(13)24/h6-7,11H,1-5,8-10H2,(H,21,23)(H,25,26). The van der Waals surface area contributed by atoms with E-state index in [2.05, 4.69) is 10.3 Å². The van der Waals surface area contributed by atoms with Crippen LogP contribution in [0, 0.1) is 0 Å². The van der Waals surface area contributed by atoms with Crippen molar-refractivity contribution in [3.8, 4) is 0 Å². The Kier molecular flexibility index (Phi) is 4.01. The van der Waals surface area contributed by atoms with Gasteiger partial charge in [0.05, 0.1) is 10.9 Å². The highest BCUT2D eigenvalue weighted by molar-refractivity contribution is 6.00. The first-order valence-electron chi connectivity index (χ1n) is 9.10. The Hall–Kier alpha value is -2.70. The quantitative estimate of drug-likeness (QED) is 0.875. The topological polar surface area (TPSA) is 101 Å². The average Bonchev–Trinajstić information content (AvgIpc) is 2.83. The first-order valence-corrected chi connectivity index (χ1v) is 9.10. The molecule has 0 atom stereocenters. The number of nitrogens with zero attached hydrogens (tertiary/aromatic N) is 2. The predicted octanol–water partition coefficient (Wildman–Crippen LogP) is 1.86. The summed E-state index contributed by atoms with van der Waals surface area (Å²) in [5.74, 6) is -0.677. The average molecular weight is 355 g/mol. The van der Waals surface area contributed by atoms with E-state index >= 15 is 0 Å². The van der Waals surface area contributed by atoms with Gasteiger partial charge in [0.1, 0.15) is 11.4 Å². The van der Waals surface area contributed by atoms with Crippen LogP contribution in [0.25, 0.3) is 10.9 Å². The van der Waals surface area contributed by atoms with Gasteiger partial charge in [0.25, 0.3) is 11.5 Å². The zero-order valence-electron chi connectivity index (χ0n) is 14.5. The summed E-state index contributed by atoms with van der Waals surface area (Å²) in [5.41, 5.74) is -0.406. The van der Waals surface area contributed by atoms with Gasteiger partial charge in [0, 0.05) is 18.5 Å². The minimum atomic E-state index is -1.16. The lowest BCUT2D eigenvalue weighted by molar-refractivity contribution is -0.148. The van der Waals surface area contributed by atoms with Gasteiger partial charge in [-0.15, -0.1) is 0 Å². The molecule has 26 heavy (non-hydrogen) atoms. The molecule has 7 nitrogen and oxygen atoms in total. The maximum atomic E-state index is 12.7. The Morgan fingerprint density at radius 2 is 1.96 bits per heavy atom. The molecule has 1 amide bonds. The van der Waals surface area contributed by atoms with Crippen LogP contribution in [0.1, 0.15) is 54.7 Å². The first kappa shape index (κ1) is 16.8. The maximum absolute atomic E-state index is 12.7. The summed E-state index contributed by atoms with van der Waals surface area (Å²) in [7, 11) is 0. The van der Waals surface area contributed by atoms with Gasteiger partial charge in [-0.1, -0.05) is 6.42 Å². The number of nitrogens with one attached hydrogen (secondary N) is 1. The third-order valence-electron chi connectivity index (χ3n) is 5.55. The second-order valence-corrected chi connectivity index (χ2v) is 7.22. The monoisotopic (exact) mass is 355 g/mol. The lowest BCUT2D eigenvalue weighted by Gasteiger charge is -2.38. The number of fused-ring (bicyclic) bond motifs is 2. The summed E-state index contributed by atoms with van der Waals surface area (Å²) < 4.78 is 1.74. The number of benzene rings is 1. The molecule has 4 rings (SSSR count). The van der Waals surface area contributed by atoms with E-state index in [1.165, 1.54) is 0 Å². The number of hydrogen-bond acceptors (Lipinski definition) is 4. The molecule has 1 aliphatic carbocycles. The van der Waals surface area contributed by atoms with Gasteiger partial charge >= 0.3 is 5.97 Å². The number of carbonyl (C=O) groups is 2. The minimum absolute atomic E-state index is 0.0696. The third kappa shape index (κ3) is 2.67. The lowest BCUT2D eigenvalue weighted by Crippen LogP contribution is -2.59. The van der Waals surface area contributed by atoms with E-state index in [1.54, 1.807) is 22.8 Å². The Bertz CT molecular complexity index is 959. The zero-order chi connectivity index (χ0) is 18.3. The number of rotatable bonds is 3. The van der Waals surface area contributed by atoms with Crippen LogP contribution in [0.2, 0.25) is 0 Å². The number of aromatic nitrogens is 2. The van der Waals surface area contributed by atoms with E-state index in [1.807, 2.05) is 0 Å². The van der Waals surface area contributed by atoms with Crippen LogP contribution in [0.4, 0.5) is 0 Å². The molecule has 1 aromatic heterocycles. The highest BCUT2D eigenvalue weighted by atomic mass is 16.4. The van der Waals surface area contributed by atoms with Crippen LogP contribution in [-0.4, -0.2) is 32.1 Å². The van der Waals surface area contributed by atoms with Gasteiger partial charge < -0.3 is 10.4 Å². The van der Waals surface area contributed by atoms with Crippen molar-refractivity contribution in [2.75, 3.05) is 0 Å². The summed E-state index contributed by atoms with van der Waals surface area (Å²) in [5, 5.41) is 12.5. The molecular weight excluding hydrogens is 334 g/mol. The molecule has 136 valence electrons. The summed E-state index contributed by atoms with van der Waals surface area (Å²) in [6, 6.07) is 4.77. The largest absolute Gasteiger partial charge is 0.480 e. The molecule has 1 aromatic carbocycles. The molecule has 0 radical (unpaired) electrons. The van der Waals surface area contributed by atoms with Crippen molar-refractivity contribution < 1.29 is 14.7 Å². The number of carboxylic acid groups (broad SMARTS) is 1. The van der Waals surface area contributed by atoms with E-state index in [9.17, 15) is 19.5 Å². The van der Waals surface area contributed by atoms with Crippen molar-refractivity contribution in [1.82, 2.24) is 14.9 Å². The molecule has 0 bridgehead atoms. The van der Waals surface area contributed by atoms with Crippen molar-refractivity contribution in [1.29, 1.82) is 0 Å². The van der Waals surface area contributed by atoms with E-state index in [4.69, 9.17) is 0 Å². The van der Waals surface area contributed by atoms with Crippen molar-refractivity contribution in [3.05, 3.63) is 39.9 Å². The number of carboxylic acids is 1. The molecule has 7 heteroatoms. The van der Waals surface area contributed by atoms with Gasteiger partial charge in [-0.05, 0) is 50.3 Å². The van der Waals surface area contributed by atoms with Crippen LogP contribution in [0.15, 0.2) is 23.0 Å². The maximum Gasteiger partial charge on any atom is 0.329 e. The molecule has 0 saturated heterocycles. The fraction of sp³-hybridized carbons (Fsp3) is 0.474. The molecule has 2 aliphatic rings. The minimum Gasteiger partial charge on any atom is -0.480 e. The molecule has 2 heterocycles. The molecule has 1 fully saturated rings. The van der Waals surface area contributed by atoms with Crippen LogP contribution in [-0.2, 0) is 17.8 Å². The molecule has 2 N–H and O–H groups in total. The fourth-order valence-corrected chi connectivity index (χ4v) is 3.77. The van der Waals surface area contributed by atoms with Crippen LogP contribution >= 0.6 is 0 Å². The van der Waals surface area contributed by atoms with Crippen molar-refractivity contribution in [3.63, 3.8) is 0 Å². The summed E-state index contributed by atoms with van der Waals surface area (Å²) in [6.45, 7) is 0.681. The van der Waals surface area contributed by atoms with E-state index < -0.39 is 17.4 Å². The van der Waals surface area contributed by atoms with Crippen molar-refractivity contribution in [2.45, 2.75) is 57.0 Å². The third-order valence-corrected chi connectivity index (χ3v) is 5.55. The lowest BCUT2D eigenvalue weighted by atomic mass is 9.76. The highest BCUT2D eigenvalue weighted by Gasteiger charge is 2.45. The molecule has 2 aromatic rings. The molecular formula is C19H21N3O4. The second kappa shape index (κ2) is 6.23. The van der Waals surface area contributed by atoms with Gasteiger partial charge in [-0.3, -0.25) is 14.2 Å². The second-order valence-electron chi connectivity index (χ2n) is 7.22. The first-order chi connectivity index (χ1) is 12.5.